The van der Waals surface area contributed by atoms with Gasteiger partial charge in [0.25, 0.3) is 0 Å². The van der Waals surface area contributed by atoms with E-state index in [1.54, 1.807) is 0 Å². The molecule has 73 heavy (non-hydrogen) atoms. The average Bonchev–Trinajstić information content (AvgIpc) is 3.46. The molecule has 340 valence electrons. The predicted molar refractivity (Wildman–Crippen MR) is 313 cm³/mol. The number of nitrogens with zero attached hydrogens (tertiary/aromatic N) is 2. The quantitative estimate of drug-likeness (QED) is 0.115. The van der Waals surface area contributed by atoms with Crippen LogP contribution in [0.3, 0.4) is 0 Å². The third-order valence-corrected chi connectivity index (χ3v) is 15.0. The third-order valence-electron chi connectivity index (χ3n) is 15.0. The van der Waals surface area contributed by atoms with E-state index in [0.717, 1.165) is 72.1 Å². The van der Waals surface area contributed by atoms with E-state index in [-0.39, 0.29) is 0 Å². The van der Waals surface area contributed by atoms with Crippen LogP contribution in [0.25, 0.3) is 126 Å². The fraction of sp³-hybridized carbons (Fsp3) is 0.0141. The minimum absolute atomic E-state index is 0.894. The number of rotatable bonds is 7. The monoisotopic (exact) mass is 926 g/mol. The van der Waals surface area contributed by atoms with Crippen LogP contribution in [0.4, 0.5) is 5.69 Å². The normalized spacial score (nSPS) is 12.2. The molecule has 14 rings (SSSR count). The van der Waals surface area contributed by atoms with Crippen LogP contribution in [0.15, 0.2) is 260 Å². The third kappa shape index (κ3) is 7.26. The second-order valence-corrected chi connectivity index (χ2v) is 19.2. The topological polar surface area (TPSA) is 25.2 Å². The van der Waals surface area contributed by atoms with Crippen LogP contribution in [-0.4, -0.2) is 10.7 Å². The van der Waals surface area contributed by atoms with Crippen LogP contribution >= 0.6 is 0 Å². The molecule has 1 aromatic heterocycles. The van der Waals surface area contributed by atoms with Gasteiger partial charge in [0.05, 0.1) is 22.6 Å². The Hall–Kier alpha value is -9.50. The molecule has 0 saturated heterocycles. The predicted octanol–water partition coefficient (Wildman–Crippen LogP) is 19.5. The van der Waals surface area contributed by atoms with E-state index in [4.69, 9.17) is 9.98 Å². The first-order valence-corrected chi connectivity index (χ1v) is 25.1. The van der Waals surface area contributed by atoms with Crippen molar-refractivity contribution in [1.82, 2.24) is 4.98 Å². The van der Waals surface area contributed by atoms with Gasteiger partial charge in [0.2, 0.25) is 0 Å². The molecule has 0 radical (unpaired) electrons. The molecule has 0 amide bonds. The molecular formula is C71H46N2. The maximum Gasteiger partial charge on any atom is 0.0794 e. The Morgan fingerprint density at radius 2 is 0.767 bits per heavy atom. The zero-order valence-corrected chi connectivity index (χ0v) is 40.2. The highest BCUT2D eigenvalue weighted by Crippen LogP contribution is 2.44. The van der Waals surface area contributed by atoms with Crippen molar-refractivity contribution < 1.29 is 0 Å². The van der Waals surface area contributed by atoms with Crippen molar-refractivity contribution in [3.63, 3.8) is 0 Å². The van der Waals surface area contributed by atoms with Crippen LogP contribution in [-0.2, 0) is 0 Å². The number of fused-ring (bicyclic) bond motifs is 15. The summed E-state index contributed by atoms with van der Waals surface area (Å²) in [5.41, 5.74) is 12.6. The number of allylic oxidation sites excluding steroid dienone is 1. The Morgan fingerprint density at radius 1 is 0.342 bits per heavy atom. The summed E-state index contributed by atoms with van der Waals surface area (Å²) >= 11 is 0. The van der Waals surface area contributed by atoms with Crippen LogP contribution in [0.2, 0.25) is 0 Å². The van der Waals surface area contributed by atoms with Gasteiger partial charge >= 0.3 is 0 Å². The average molecular weight is 927 g/mol. The Kier molecular flexibility index (Phi) is 10.1. The van der Waals surface area contributed by atoms with Gasteiger partial charge in [0, 0.05) is 21.9 Å². The maximum absolute atomic E-state index is 5.71. The maximum atomic E-state index is 5.71. The highest BCUT2D eigenvalue weighted by atomic mass is 14.8. The molecule has 13 aromatic carbocycles. The Morgan fingerprint density at radius 3 is 1.34 bits per heavy atom. The minimum Gasteiger partial charge on any atom is -0.248 e. The van der Waals surface area contributed by atoms with Crippen molar-refractivity contribution in [3.05, 3.63) is 271 Å². The second kappa shape index (κ2) is 17.4. The molecule has 2 heteroatoms. The number of hydrogen-bond acceptors (Lipinski definition) is 2. The van der Waals surface area contributed by atoms with Gasteiger partial charge in [0.1, 0.15) is 0 Å². The summed E-state index contributed by atoms with van der Waals surface area (Å²) in [6.45, 7) is 2.16. The summed E-state index contributed by atoms with van der Waals surface area (Å²) in [6.07, 6.45) is 4.28. The summed E-state index contributed by atoms with van der Waals surface area (Å²) < 4.78 is 0. The zero-order valence-electron chi connectivity index (χ0n) is 40.2. The largest absolute Gasteiger partial charge is 0.248 e. The molecule has 2 nitrogen and oxygen atoms in total. The number of aromatic nitrogens is 1. The molecule has 1 heterocycles. The molecule has 14 aromatic rings. The van der Waals surface area contributed by atoms with Crippen molar-refractivity contribution >= 4 is 104 Å². The van der Waals surface area contributed by atoms with Gasteiger partial charge in [0.15, 0.2) is 0 Å². The first-order valence-electron chi connectivity index (χ1n) is 25.1. The summed E-state index contributed by atoms with van der Waals surface area (Å²) in [4.78, 5) is 11.2. The van der Waals surface area contributed by atoms with Gasteiger partial charge in [-0.2, -0.15) is 0 Å². The lowest BCUT2D eigenvalue weighted by Crippen LogP contribution is -1.97. The lowest BCUT2D eigenvalue weighted by Gasteiger charge is -2.18. The standard InChI is InChI=1S/C71H46N2/c1-45-32-34-49(42-69(45)72-68(47-20-6-3-7-21-47)39-33-46-18-4-2-5-19-46)64-44-70(50-36-38-61-56-27-11-9-23-52(56)54-25-13-15-29-58(54)66(61)41-50)73-71-62-31-17-16-30-59(62)63(43-67(64)71)48-35-37-60-55-26-10-8-22-51(55)53-24-12-14-28-57(53)65(60)40-48/h2-44H,1H3/b39-33+,72-68+. The van der Waals surface area contributed by atoms with E-state index < -0.39 is 0 Å². The first-order chi connectivity index (χ1) is 36.1. The van der Waals surface area contributed by atoms with Crippen molar-refractivity contribution in [3.8, 4) is 33.5 Å². The molecular weight excluding hydrogens is 881 g/mol. The number of aryl methyl sites for hydroxylation is 1. The number of benzene rings is 13. The van der Waals surface area contributed by atoms with Gasteiger partial charge in [-0.25, -0.2) is 9.98 Å². The Bertz CT molecular complexity index is 4530. The van der Waals surface area contributed by atoms with Crippen LogP contribution in [0.1, 0.15) is 16.7 Å². The summed E-state index contributed by atoms with van der Waals surface area (Å²) in [6, 6.07) is 90.4. The van der Waals surface area contributed by atoms with Crippen LogP contribution < -0.4 is 0 Å². The molecule has 0 aliphatic heterocycles. The van der Waals surface area contributed by atoms with Gasteiger partial charge < -0.3 is 0 Å². The molecule has 0 atom stereocenters. The molecule has 0 spiro atoms. The van der Waals surface area contributed by atoms with E-state index in [1.165, 1.54) is 75.8 Å². The summed E-state index contributed by atoms with van der Waals surface area (Å²) in [7, 11) is 0. The summed E-state index contributed by atoms with van der Waals surface area (Å²) in [5.74, 6) is 0. The van der Waals surface area contributed by atoms with Gasteiger partial charge in [-0.15, -0.1) is 0 Å². The summed E-state index contributed by atoms with van der Waals surface area (Å²) in [5, 5.41) is 18.4. The van der Waals surface area contributed by atoms with Crippen molar-refractivity contribution in [2.24, 2.45) is 4.99 Å². The molecule has 0 aliphatic rings. The highest BCUT2D eigenvalue weighted by molar-refractivity contribution is 6.28. The Balaban J connectivity index is 1.03. The molecule has 0 fully saturated rings. The smallest absolute Gasteiger partial charge is 0.0794 e. The molecule has 0 unspecified atom stereocenters. The lowest BCUT2D eigenvalue weighted by atomic mass is 9.88. The zero-order chi connectivity index (χ0) is 48.4. The fourth-order valence-corrected chi connectivity index (χ4v) is 11.4. The Labute approximate surface area is 423 Å². The van der Waals surface area contributed by atoms with E-state index in [2.05, 4.69) is 262 Å². The molecule has 0 N–H and O–H groups in total. The SMILES string of the molecule is Cc1ccc(-c2cc(-c3ccc4c5ccccc5c5ccccc5c4c3)nc3c2cc(-c2ccc4c5ccccc5c5ccccc5c4c2)c2ccccc23)cc1/N=C(\C=C\c1ccccc1)c1ccccc1. The molecule has 0 bridgehead atoms. The van der Waals surface area contributed by atoms with Crippen molar-refractivity contribution in [2.45, 2.75) is 6.92 Å². The van der Waals surface area contributed by atoms with Crippen LogP contribution in [0, 0.1) is 6.92 Å². The van der Waals surface area contributed by atoms with E-state index in [9.17, 15) is 0 Å². The minimum atomic E-state index is 0.894. The lowest BCUT2D eigenvalue weighted by molar-refractivity contribution is 1.38. The fourth-order valence-electron chi connectivity index (χ4n) is 11.4. The van der Waals surface area contributed by atoms with Crippen LogP contribution in [0.5, 0.6) is 0 Å². The van der Waals surface area contributed by atoms with Gasteiger partial charge in [-0.1, -0.05) is 224 Å². The van der Waals surface area contributed by atoms with Gasteiger partial charge in [-0.3, -0.25) is 0 Å². The van der Waals surface area contributed by atoms with E-state index in [0.29, 0.717) is 0 Å². The van der Waals surface area contributed by atoms with Crippen molar-refractivity contribution in [1.29, 1.82) is 0 Å². The molecule has 0 aliphatic carbocycles. The molecule has 0 saturated carbocycles. The second-order valence-electron chi connectivity index (χ2n) is 19.2. The number of hydrogen-bond donors (Lipinski definition) is 0. The van der Waals surface area contributed by atoms with Gasteiger partial charge in [-0.05, 0) is 147 Å². The van der Waals surface area contributed by atoms with Crippen molar-refractivity contribution in [2.75, 3.05) is 0 Å². The first kappa shape index (κ1) is 42.4. The van der Waals surface area contributed by atoms with E-state index in [1.807, 2.05) is 6.07 Å². The number of pyridine rings is 1. The number of aliphatic imine (C=N–C) groups is 1. The highest BCUT2D eigenvalue weighted by Gasteiger charge is 2.19. The van der Waals surface area contributed by atoms with E-state index >= 15 is 0 Å².